The maximum atomic E-state index is 13.1. The van der Waals surface area contributed by atoms with E-state index >= 15 is 0 Å². The van der Waals surface area contributed by atoms with E-state index in [9.17, 15) is 9.90 Å². The number of fused-ring (bicyclic) bond motifs is 2. The SMILES string of the molecule is C[C@H](O)c1nc2ccccc2n1CC(=O)N1c2ccccc2C[C@@H]1C. The summed E-state index contributed by atoms with van der Waals surface area (Å²) < 4.78 is 1.83. The zero-order valence-corrected chi connectivity index (χ0v) is 14.4. The lowest BCUT2D eigenvalue weighted by molar-refractivity contribution is -0.119. The minimum atomic E-state index is -0.733. The van der Waals surface area contributed by atoms with E-state index in [2.05, 4.69) is 18.0 Å². The lowest BCUT2D eigenvalue weighted by Gasteiger charge is -2.23. The molecular weight excluding hydrogens is 314 g/mol. The van der Waals surface area contributed by atoms with Gasteiger partial charge in [0.2, 0.25) is 5.91 Å². The van der Waals surface area contributed by atoms with Crippen LogP contribution in [0.25, 0.3) is 11.0 Å². The van der Waals surface area contributed by atoms with Gasteiger partial charge in [-0.2, -0.15) is 0 Å². The van der Waals surface area contributed by atoms with Crippen LogP contribution in [0.15, 0.2) is 48.5 Å². The molecule has 2 atom stereocenters. The summed E-state index contributed by atoms with van der Waals surface area (Å²) >= 11 is 0. The van der Waals surface area contributed by atoms with Crippen LogP contribution in [0.1, 0.15) is 31.3 Å². The molecule has 4 rings (SSSR count). The van der Waals surface area contributed by atoms with E-state index in [1.807, 2.05) is 51.9 Å². The number of aromatic nitrogens is 2. The monoisotopic (exact) mass is 335 g/mol. The Morgan fingerprint density at radius 1 is 1.24 bits per heavy atom. The molecule has 2 heterocycles. The van der Waals surface area contributed by atoms with Crippen LogP contribution in [-0.4, -0.2) is 26.6 Å². The summed E-state index contributed by atoms with van der Waals surface area (Å²) in [4.78, 5) is 19.5. The number of aliphatic hydroxyl groups excluding tert-OH is 1. The van der Waals surface area contributed by atoms with Crippen LogP contribution < -0.4 is 4.90 Å². The lowest BCUT2D eigenvalue weighted by atomic mass is 10.1. The first-order valence-corrected chi connectivity index (χ1v) is 8.59. The Bertz CT molecular complexity index is 945. The maximum Gasteiger partial charge on any atom is 0.247 e. The van der Waals surface area contributed by atoms with E-state index in [0.717, 1.165) is 23.1 Å². The Balaban J connectivity index is 1.72. The first-order valence-electron chi connectivity index (χ1n) is 8.59. The normalized spacial score (nSPS) is 17.7. The summed E-state index contributed by atoms with van der Waals surface area (Å²) in [5.41, 5.74) is 3.85. The molecule has 0 saturated heterocycles. The van der Waals surface area contributed by atoms with Crippen molar-refractivity contribution in [3.8, 4) is 0 Å². The minimum Gasteiger partial charge on any atom is -0.385 e. The molecule has 0 saturated carbocycles. The second-order valence-electron chi connectivity index (χ2n) is 6.67. The second-order valence-corrected chi connectivity index (χ2v) is 6.67. The summed E-state index contributed by atoms with van der Waals surface area (Å²) in [6.45, 7) is 3.91. The highest BCUT2D eigenvalue weighted by atomic mass is 16.3. The van der Waals surface area contributed by atoms with Crippen LogP contribution in [0.3, 0.4) is 0 Å². The van der Waals surface area contributed by atoms with Gasteiger partial charge in [0, 0.05) is 11.7 Å². The van der Waals surface area contributed by atoms with E-state index in [0.29, 0.717) is 5.82 Å². The van der Waals surface area contributed by atoms with E-state index in [1.165, 1.54) is 5.56 Å². The zero-order chi connectivity index (χ0) is 17.6. The summed E-state index contributed by atoms with van der Waals surface area (Å²) in [5.74, 6) is 0.539. The van der Waals surface area contributed by atoms with Crippen LogP contribution in [0.4, 0.5) is 5.69 Å². The Kier molecular flexibility index (Phi) is 3.81. The fourth-order valence-electron chi connectivity index (χ4n) is 3.74. The van der Waals surface area contributed by atoms with Gasteiger partial charge in [-0.3, -0.25) is 4.79 Å². The van der Waals surface area contributed by atoms with Crippen molar-refractivity contribution in [2.75, 3.05) is 4.90 Å². The van der Waals surface area contributed by atoms with E-state index in [-0.39, 0.29) is 18.5 Å². The van der Waals surface area contributed by atoms with Gasteiger partial charge in [0.1, 0.15) is 18.5 Å². The van der Waals surface area contributed by atoms with Gasteiger partial charge >= 0.3 is 0 Å². The van der Waals surface area contributed by atoms with Crippen LogP contribution in [0.5, 0.6) is 0 Å². The highest BCUT2D eigenvalue weighted by Gasteiger charge is 2.31. The van der Waals surface area contributed by atoms with Crippen molar-refractivity contribution >= 4 is 22.6 Å². The Morgan fingerprint density at radius 2 is 1.96 bits per heavy atom. The molecule has 1 N–H and O–H groups in total. The molecule has 0 unspecified atom stereocenters. The number of carbonyl (C=O) groups is 1. The number of benzene rings is 2. The number of hydrogen-bond donors (Lipinski definition) is 1. The smallest absolute Gasteiger partial charge is 0.247 e. The number of anilines is 1. The second kappa shape index (κ2) is 6.01. The van der Waals surface area contributed by atoms with Gasteiger partial charge in [0.15, 0.2) is 0 Å². The summed E-state index contributed by atoms with van der Waals surface area (Å²) in [6.07, 6.45) is 0.138. The number of aliphatic hydroxyl groups is 1. The molecule has 5 heteroatoms. The van der Waals surface area contributed by atoms with E-state index in [1.54, 1.807) is 6.92 Å². The van der Waals surface area contributed by atoms with Crippen molar-refractivity contribution in [3.05, 3.63) is 59.9 Å². The number of carbonyl (C=O) groups excluding carboxylic acids is 1. The molecule has 0 aliphatic carbocycles. The largest absolute Gasteiger partial charge is 0.385 e. The number of nitrogens with zero attached hydrogens (tertiary/aromatic N) is 3. The summed E-state index contributed by atoms with van der Waals surface area (Å²) in [6, 6.07) is 15.8. The molecule has 5 nitrogen and oxygen atoms in total. The van der Waals surface area contributed by atoms with E-state index in [4.69, 9.17) is 0 Å². The van der Waals surface area contributed by atoms with Gasteiger partial charge in [-0.15, -0.1) is 0 Å². The molecule has 3 aromatic rings. The van der Waals surface area contributed by atoms with Gasteiger partial charge in [-0.25, -0.2) is 4.98 Å². The van der Waals surface area contributed by atoms with Crippen LogP contribution >= 0.6 is 0 Å². The van der Waals surface area contributed by atoms with Crippen molar-refractivity contribution in [3.63, 3.8) is 0 Å². The van der Waals surface area contributed by atoms with Gasteiger partial charge < -0.3 is 14.6 Å². The van der Waals surface area contributed by atoms with Crippen molar-refractivity contribution in [1.29, 1.82) is 0 Å². The zero-order valence-electron chi connectivity index (χ0n) is 14.4. The molecule has 0 spiro atoms. The van der Waals surface area contributed by atoms with E-state index < -0.39 is 6.10 Å². The predicted molar refractivity (Wildman–Crippen MR) is 97.5 cm³/mol. The van der Waals surface area contributed by atoms with Crippen molar-refractivity contribution in [2.24, 2.45) is 0 Å². The first-order chi connectivity index (χ1) is 12.1. The van der Waals surface area contributed by atoms with Crippen molar-refractivity contribution in [2.45, 2.75) is 39.0 Å². The van der Waals surface area contributed by atoms with Crippen LogP contribution in [0.2, 0.25) is 0 Å². The Labute approximate surface area is 146 Å². The first kappa shape index (κ1) is 15.8. The van der Waals surface area contributed by atoms with Crippen molar-refractivity contribution in [1.82, 2.24) is 9.55 Å². The molecule has 0 radical (unpaired) electrons. The van der Waals surface area contributed by atoms with Crippen molar-refractivity contribution < 1.29 is 9.90 Å². The summed E-state index contributed by atoms with van der Waals surface area (Å²) in [7, 11) is 0. The number of hydrogen-bond acceptors (Lipinski definition) is 3. The molecule has 0 bridgehead atoms. The average Bonchev–Trinajstić information content (AvgIpc) is 3.12. The number of amides is 1. The maximum absolute atomic E-state index is 13.1. The Hall–Kier alpha value is -2.66. The van der Waals surface area contributed by atoms with Crippen LogP contribution in [0, 0.1) is 0 Å². The third-order valence-corrected chi connectivity index (χ3v) is 4.83. The molecule has 0 fully saturated rings. The number of para-hydroxylation sites is 3. The van der Waals surface area contributed by atoms with Gasteiger partial charge in [-0.05, 0) is 44.0 Å². The number of rotatable bonds is 3. The molecular formula is C20H21N3O2. The minimum absolute atomic E-state index is 0.0162. The number of imidazole rings is 1. The fourth-order valence-corrected chi connectivity index (χ4v) is 3.74. The molecule has 2 aromatic carbocycles. The average molecular weight is 335 g/mol. The Morgan fingerprint density at radius 3 is 2.76 bits per heavy atom. The molecule has 1 aliphatic rings. The third-order valence-electron chi connectivity index (χ3n) is 4.83. The van der Waals surface area contributed by atoms with Crippen LogP contribution in [-0.2, 0) is 17.8 Å². The highest BCUT2D eigenvalue weighted by molar-refractivity contribution is 5.96. The quantitative estimate of drug-likeness (QED) is 0.800. The summed E-state index contributed by atoms with van der Waals surface area (Å²) in [5, 5.41) is 10.1. The third kappa shape index (κ3) is 2.61. The topological polar surface area (TPSA) is 58.4 Å². The highest BCUT2D eigenvalue weighted by Crippen LogP contribution is 2.32. The van der Waals surface area contributed by atoms with Gasteiger partial charge in [-0.1, -0.05) is 30.3 Å². The molecule has 128 valence electrons. The van der Waals surface area contributed by atoms with Gasteiger partial charge in [0.05, 0.1) is 11.0 Å². The molecule has 1 aromatic heterocycles. The lowest BCUT2D eigenvalue weighted by Crippen LogP contribution is -2.38. The fraction of sp³-hybridized carbons (Fsp3) is 0.300. The molecule has 1 amide bonds. The standard InChI is InChI=1S/C20H21N3O2/c1-13-11-15-7-3-5-9-17(15)23(13)19(25)12-22-18-10-6-4-8-16(18)21-20(22)14(2)24/h3-10,13-14,24H,11-12H2,1-2H3/t13-,14-/m0/s1. The molecule has 25 heavy (non-hydrogen) atoms. The van der Waals surface area contributed by atoms with Gasteiger partial charge in [0.25, 0.3) is 0 Å². The molecule has 1 aliphatic heterocycles. The predicted octanol–water partition coefficient (Wildman–Crippen LogP) is 3.07.